The molecule has 0 unspecified atom stereocenters. The predicted molar refractivity (Wildman–Crippen MR) is 131 cm³/mol. The van der Waals surface area contributed by atoms with Crippen LogP contribution in [0.15, 0.2) is 29.3 Å². The van der Waals surface area contributed by atoms with Gasteiger partial charge in [0.1, 0.15) is 12.4 Å². The van der Waals surface area contributed by atoms with Crippen LogP contribution < -0.4 is 15.4 Å². The number of ether oxygens (including phenoxy) is 2. The van der Waals surface area contributed by atoms with E-state index in [1.807, 2.05) is 13.1 Å². The molecule has 0 saturated carbocycles. The van der Waals surface area contributed by atoms with E-state index >= 15 is 0 Å². The Morgan fingerprint density at radius 1 is 1.22 bits per heavy atom. The second-order valence-corrected chi connectivity index (χ2v) is 9.29. The van der Waals surface area contributed by atoms with Crippen molar-refractivity contribution in [3.05, 3.63) is 29.8 Å². The molecule has 180 valence electrons. The van der Waals surface area contributed by atoms with Crippen LogP contribution in [0.25, 0.3) is 0 Å². The molecule has 2 aliphatic heterocycles. The van der Waals surface area contributed by atoms with Crippen molar-refractivity contribution in [3.63, 3.8) is 0 Å². The molecule has 0 radical (unpaired) electrons. The minimum absolute atomic E-state index is 0.485. The van der Waals surface area contributed by atoms with E-state index in [0.29, 0.717) is 24.7 Å². The summed E-state index contributed by atoms with van der Waals surface area (Å²) in [6.07, 6.45) is 4.54. The SMILES string of the molecule is CN=C(NCc1cccc(OCCN(C)C2CCOCC2)c1)NC1CCN(C(C)C)CC1. The van der Waals surface area contributed by atoms with E-state index in [0.717, 1.165) is 76.8 Å². The summed E-state index contributed by atoms with van der Waals surface area (Å²) in [4.78, 5) is 9.36. The van der Waals surface area contributed by atoms with Crippen LogP contribution in [0, 0.1) is 0 Å². The molecule has 7 heteroatoms. The van der Waals surface area contributed by atoms with E-state index in [1.54, 1.807) is 0 Å². The zero-order chi connectivity index (χ0) is 22.8. The third kappa shape index (κ3) is 7.94. The van der Waals surface area contributed by atoms with E-state index in [1.165, 1.54) is 5.56 Å². The average molecular weight is 446 g/mol. The van der Waals surface area contributed by atoms with Crippen molar-refractivity contribution in [1.29, 1.82) is 0 Å². The summed E-state index contributed by atoms with van der Waals surface area (Å²) in [5.41, 5.74) is 1.19. The normalized spacial score (nSPS) is 19.5. The lowest BCUT2D eigenvalue weighted by Crippen LogP contribution is -2.49. The van der Waals surface area contributed by atoms with Crippen LogP contribution in [-0.2, 0) is 11.3 Å². The molecule has 2 aliphatic rings. The first-order chi connectivity index (χ1) is 15.5. The Hall–Kier alpha value is -1.83. The molecular formula is C25H43N5O2. The van der Waals surface area contributed by atoms with Gasteiger partial charge in [-0.1, -0.05) is 12.1 Å². The summed E-state index contributed by atoms with van der Waals surface area (Å²) in [5, 5.41) is 7.06. The molecule has 0 aromatic heterocycles. The maximum absolute atomic E-state index is 6.04. The van der Waals surface area contributed by atoms with E-state index in [-0.39, 0.29) is 0 Å². The quantitative estimate of drug-likeness (QED) is 0.450. The van der Waals surface area contributed by atoms with Gasteiger partial charge < -0.3 is 25.0 Å². The van der Waals surface area contributed by atoms with Crippen molar-refractivity contribution in [3.8, 4) is 5.75 Å². The van der Waals surface area contributed by atoms with Crippen molar-refractivity contribution in [2.24, 2.45) is 4.99 Å². The zero-order valence-corrected chi connectivity index (χ0v) is 20.5. The molecule has 7 nitrogen and oxygen atoms in total. The lowest BCUT2D eigenvalue weighted by Gasteiger charge is -2.35. The second kappa shape index (κ2) is 13.0. The molecule has 0 aliphatic carbocycles. The first-order valence-corrected chi connectivity index (χ1v) is 12.3. The number of guanidine groups is 1. The van der Waals surface area contributed by atoms with Crippen molar-refractivity contribution in [2.45, 2.75) is 64.2 Å². The topological polar surface area (TPSA) is 61.4 Å². The number of hydrogen-bond donors (Lipinski definition) is 2. The van der Waals surface area contributed by atoms with Gasteiger partial charge >= 0.3 is 0 Å². The van der Waals surface area contributed by atoms with Gasteiger partial charge in [-0.25, -0.2) is 0 Å². The highest BCUT2D eigenvalue weighted by atomic mass is 16.5. The van der Waals surface area contributed by atoms with Gasteiger partial charge in [0.15, 0.2) is 5.96 Å². The van der Waals surface area contributed by atoms with Crippen LogP contribution in [0.5, 0.6) is 5.75 Å². The molecule has 0 amide bonds. The fourth-order valence-corrected chi connectivity index (χ4v) is 4.50. The summed E-state index contributed by atoms with van der Waals surface area (Å²) in [5.74, 6) is 1.80. The Morgan fingerprint density at radius 3 is 2.66 bits per heavy atom. The molecule has 2 heterocycles. The monoisotopic (exact) mass is 445 g/mol. The first kappa shape index (κ1) is 24.8. The number of likely N-dealkylation sites (N-methyl/N-ethyl adjacent to an activating group) is 1. The van der Waals surface area contributed by atoms with Crippen molar-refractivity contribution >= 4 is 5.96 Å². The highest BCUT2D eigenvalue weighted by molar-refractivity contribution is 5.79. The molecule has 1 aromatic carbocycles. The average Bonchev–Trinajstić information content (AvgIpc) is 2.82. The summed E-state index contributed by atoms with van der Waals surface area (Å²) in [6, 6.07) is 10.1. The number of benzene rings is 1. The molecular weight excluding hydrogens is 402 g/mol. The number of aliphatic imine (C=N–C) groups is 1. The van der Waals surface area contributed by atoms with Gasteiger partial charge in [0.2, 0.25) is 0 Å². The number of hydrogen-bond acceptors (Lipinski definition) is 5. The first-order valence-electron chi connectivity index (χ1n) is 12.3. The van der Waals surface area contributed by atoms with Crippen LogP contribution in [0.4, 0.5) is 0 Å². The second-order valence-electron chi connectivity index (χ2n) is 9.29. The highest BCUT2D eigenvalue weighted by Crippen LogP contribution is 2.16. The maximum Gasteiger partial charge on any atom is 0.191 e. The fourth-order valence-electron chi connectivity index (χ4n) is 4.50. The van der Waals surface area contributed by atoms with Gasteiger partial charge in [-0.2, -0.15) is 0 Å². The molecule has 1 aromatic rings. The smallest absolute Gasteiger partial charge is 0.191 e. The van der Waals surface area contributed by atoms with Crippen LogP contribution in [0.1, 0.15) is 45.1 Å². The molecule has 0 spiro atoms. The Labute approximate surface area is 194 Å². The Balaban J connectivity index is 1.39. The lowest BCUT2D eigenvalue weighted by molar-refractivity contribution is 0.0392. The summed E-state index contributed by atoms with van der Waals surface area (Å²) >= 11 is 0. The molecule has 2 N–H and O–H groups in total. The third-order valence-electron chi connectivity index (χ3n) is 6.71. The van der Waals surface area contributed by atoms with Gasteiger partial charge in [-0.3, -0.25) is 9.89 Å². The number of rotatable bonds is 9. The summed E-state index contributed by atoms with van der Waals surface area (Å²) in [6.45, 7) is 10.9. The number of nitrogens with zero attached hydrogens (tertiary/aromatic N) is 3. The Morgan fingerprint density at radius 2 is 1.97 bits per heavy atom. The van der Waals surface area contributed by atoms with Crippen molar-refractivity contribution < 1.29 is 9.47 Å². The van der Waals surface area contributed by atoms with E-state index in [2.05, 4.69) is 64.5 Å². The van der Waals surface area contributed by atoms with Crippen molar-refractivity contribution in [2.75, 3.05) is 53.6 Å². The van der Waals surface area contributed by atoms with E-state index in [9.17, 15) is 0 Å². The standard InChI is InChI=1S/C25H43N5O2/c1-20(2)30-12-8-22(9-13-30)28-25(26-3)27-19-21-6-5-7-24(18-21)32-17-14-29(4)23-10-15-31-16-11-23/h5-7,18,20,22-23H,8-17,19H2,1-4H3,(H2,26,27,28). The van der Waals surface area contributed by atoms with Crippen LogP contribution in [0.2, 0.25) is 0 Å². The third-order valence-corrected chi connectivity index (χ3v) is 6.71. The van der Waals surface area contributed by atoms with E-state index < -0.39 is 0 Å². The van der Waals surface area contributed by atoms with Crippen LogP contribution in [-0.4, -0.2) is 87.4 Å². The molecule has 2 fully saturated rings. The fraction of sp³-hybridized carbons (Fsp3) is 0.720. The lowest BCUT2D eigenvalue weighted by atomic mass is 10.0. The van der Waals surface area contributed by atoms with Gasteiger partial charge in [-0.05, 0) is 64.3 Å². The van der Waals surface area contributed by atoms with Crippen LogP contribution >= 0.6 is 0 Å². The number of nitrogens with one attached hydrogen (secondary N) is 2. The molecule has 0 bridgehead atoms. The predicted octanol–water partition coefficient (Wildman–Crippen LogP) is 2.71. The summed E-state index contributed by atoms with van der Waals surface area (Å²) < 4.78 is 11.5. The van der Waals surface area contributed by atoms with Gasteiger partial charge in [0.25, 0.3) is 0 Å². The summed E-state index contributed by atoms with van der Waals surface area (Å²) in [7, 11) is 4.03. The minimum Gasteiger partial charge on any atom is -0.492 e. The molecule has 0 atom stereocenters. The molecule has 2 saturated heterocycles. The maximum atomic E-state index is 6.04. The van der Waals surface area contributed by atoms with Gasteiger partial charge in [-0.15, -0.1) is 0 Å². The highest BCUT2D eigenvalue weighted by Gasteiger charge is 2.21. The minimum atomic E-state index is 0.485. The van der Waals surface area contributed by atoms with Crippen molar-refractivity contribution in [1.82, 2.24) is 20.4 Å². The zero-order valence-electron chi connectivity index (χ0n) is 20.5. The van der Waals surface area contributed by atoms with E-state index in [4.69, 9.17) is 9.47 Å². The molecule has 32 heavy (non-hydrogen) atoms. The number of piperidine rings is 1. The molecule has 3 rings (SSSR count). The Kier molecular flexibility index (Phi) is 10.1. The van der Waals surface area contributed by atoms with Gasteiger partial charge in [0, 0.05) is 64.6 Å². The Bertz CT molecular complexity index is 697. The van der Waals surface area contributed by atoms with Gasteiger partial charge in [0.05, 0.1) is 0 Å². The van der Waals surface area contributed by atoms with Crippen LogP contribution in [0.3, 0.4) is 0 Å². The largest absolute Gasteiger partial charge is 0.492 e. The number of likely N-dealkylation sites (tertiary alicyclic amines) is 1.